The minimum absolute atomic E-state index is 0.0380. The molecule has 0 aromatic heterocycles. The Bertz CT molecular complexity index is 721. The zero-order valence-electron chi connectivity index (χ0n) is 14.6. The molecule has 0 spiro atoms. The summed E-state index contributed by atoms with van der Waals surface area (Å²) in [6.07, 6.45) is 3.56. The lowest BCUT2D eigenvalue weighted by Crippen LogP contribution is -2.26. The van der Waals surface area contributed by atoms with Gasteiger partial charge in [0.25, 0.3) is 0 Å². The molecule has 138 valence electrons. The standard InChI is InChI=1S/C20H22F2N2O2/c1-24(17-9-3-2-4-10-17)15-7-14-23-19(25)13-12-16-8-5-6-11-18(16)26-20(21)22/h2-6,8-13,20H,7,14-15H2,1H3,(H,23,25)/b13-12+. The number of halogens is 2. The normalized spacial score (nSPS) is 10.9. The Morgan fingerprint density at radius 3 is 2.58 bits per heavy atom. The van der Waals surface area contributed by atoms with Gasteiger partial charge >= 0.3 is 6.61 Å². The van der Waals surface area contributed by atoms with E-state index in [1.165, 1.54) is 18.2 Å². The Morgan fingerprint density at radius 1 is 1.15 bits per heavy atom. The maximum absolute atomic E-state index is 12.4. The van der Waals surface area contributed by atoms with E-state index in [1.54, 1.807) is 18.2 Å². The van der Waals surface area contributed by atoms with Gasteiger partial charge in [0.2, 0.25) is 5.91 Å². The van der Waals surface area contributed by atoms with E-state index in [1.807, 2.05) is 37.4 Å². The number of nitrogens with one attached hydrogen (secondary N) is 1. The molecule has 0 heterocycles. The average Bonchev–Trinajstić information content (AvgIpc) is 2.64. The second-order valence-corrected chi connectivity index (χ2v) is 5.65. The Labute approximate surface area is 152 Å². The van der Waals surface area contributed by atoms with Crippen LogP contribution in [0.4, 0.5) is 14.5 Å². The molecule has 0 bridgehead atoms. The van der Waals surface area contributed by atoms with Crippen molar-refractivity contribution in [1.29, 1.82) is 0 Å². The van der Waals surface area contributed by atoms with Gasteiger partial charge in [0.1, 0.15) is 5.75 Å². The highest BCUT2D eigenvalue weighted by molar-refractivity contribution is 5.92. The number of alkyl halides is 2. The predicted molar refractivity (Wildman–Crippen MR) is 99.4 cm³/mol. The first-order valence-electron chi connectivity index (χ1n) is 8.32. The summed E-state index contributed by atoms with van der Waals surface area (Å²) < 4.78 is 29.1. The van der Waals surface area contributed by atoms with Crippen molar-refractivity contribution >= 4 is 17.7 Å². The zero-order valence-corrected chi connectivity index (χ0v) is 14.6. The minimum atomic E-state index is -2.90. The first kappa shape index (κ1) is 19.4. The molecular weight excluding hydrogens is 338 g/mol. The average molecular weight is 360 g/mol. The van der Waals surface area contributed by atoms with E-state index in [2.05, 4.69) is 15.0 Å². The fourth-order valence-corrected chi connectivity index (χ4v) is 2.39. The predicted octanol–water partition coefficient (Wildman–Crippen LogP) is 3.94. The first-order chi connectivity index (χ1) is 12.6. The van der Waals surface area contributed by atoms with Gasteiger partial charge in [-0.1, -0.05) is 36.4 Å². The molecule has 0 saturated carbocycles. The van der Waals surface area contributed by atoms with Crippen molar-refractivity contribution in [3.63, 3.8) is 0 Å². The summed E-state index contributed by atoms with van der Waals surface area (Å²) in [5, 5.41) is 2.78. The van der Waals surface area contributed by atoms with E-state index >= 15 is 0 Å². The quantitative estimate of drug-likeness (QED) is 0.544. The van der Waals surface area contributed by atoms with Crippen LogP contribution in [-0.2, 0) is 4.79 Å². The van der Waals surface area contributed by atoms with Crippen molar-refractivity contribution in [2.75, 3.05) is 25.0 Å². The summed E-state index contributed by atoms with van der Waals surface area (Å²) in [5.41, 5.74) is 1.54. The van der Waals surface area contributed by atoms with Crippen LogP contribution in [-0.4, -0.2) is 32.7 Å². The number of carbonyl (C=O) groups is 1. The summed E-state index contributed by atoms with van der Waals surface area (Å²) in [7, 11) is 2.00. The maximum atomic E-state index is 12.4. The minimum Gasteiger partial charge on any atom is -0.434 e. The second kappa shape index (κ2) is 10.2. The summed E-state index contributed by atoms with van der Waals surface area (Å²) in [4.78, 5) is 14.0. The number of hydrogen-bond acceptors (Lipinski definition) is 3. The summed E-state index contributed by atoms with van der Waals surface area (Å²) >= 11 is 0. The van der Waals surface area contributed by atoms with Gasteiger partial charge in [-0.2, -0.15) is 8.78 Å². The molecule has 26 heavy (non-hydrogen) atoms. The topological polar surface area (TPSA) is 41.6 Å². The van der Waals surface area contributed by atoms with E-state index in [-0.39, 0.29) is 11.7 Å². The summed E-state index contributed by atoms with van der Waals surface area (Å²) in [5.74, 6) is -0.241. The van der Waals surface area contributed by atoms with Crippen LogP contribution in [0.1, 0.15) is 12.0 Å². The Hall–Kier alpha value is -2.89. The molecule has 0 saturated heterocycles. The van der Waals surface area contributed by atoms with Gasteiger partial charge in [-0.25, -0.2) is 0 Å². The molecule has 1 N–H and O–H groups in total. The van der Waals surface area contributed by atoms with E-state index in [0.29, 0.717) is 12.1 Å². The molecule has 0 fully saturated rings. The lowest BCUT2D eigenvalue weighted by atomic mass is 10.2. The van der Waals surface area contributed by atoms with Gasteiger partial charge in [-0.15, -0.1) is 0 Å². The maximum Gasteiger partial charge on any atom is 0.387 e. The molecule has 0 unspecified atom stereocenters. The van der Waals surface area contributed by atoms with Gasteiger partial charge in [0.15, 0.2) is 0 Å². The number of anilines is 1. The van der Waals surface area contributed by atoms with Crippen LogP contribution < -0.4 is 15.0 Å². The van der Waals surface area contributed by atoms with Gasteiger partial charge in [-0.3, -0.25) is 4.79 Å². The van der Waals surface area contributed by atoms with Crippen molar-refractivity contribution in [3.8, 4) is 5.75 Å². The van der Waals surface area contributed by atoms with Gasteiger partial charge < -0.3 is 15.0 Å². The monoisotopic (exact) mass is 360 g/mol. The number of benzene rings is 2. The highest BCUT2D eigenvalue weighted by atomic mass is 19.3. The van der Waals surface area contributed by atoms with Crippen molar-refractivity contribution in [3.05, 3.63) is 66.2 Å². The van der Waals surface area contributed by atoms with Crippen LogP contribution in [0.25, 0.3) is 6.08 Å². The highest BCUT2D eigenvalue weighted by Crippen LogP contribution is 2.21. The summed E-state index contributed by atoms with van der Waals surface area (Å²) in [6.45, 7) is -1.57. The fraction of sp³-hybridized carbons (Fsp3) is 0.250. The largest absolute Gasteiger partial charge is 0.434 e. The van der Waals surface area contributed by atoms with Gasteiger partial charge in [-0.05, 0) is 30.7 Å². The second-order valence-electron chi connectivity index (χ2n) is 5.65. The molecule has 2 aromatic rings. The Balaban J connectivity index is 1.76. The third-order valence-electron chi connectivity index (χ3n) is 3.72. The molecule has 1 amide bonds. The number of para-hydroxylation sites is 2. The molecule has 0 atom stereocenters. The highest BCUT2D eigenvalue weighted by Gasteiger charge is 2.07. The van der Waals surface area contributed by atoms with E-state index in [4.69, 9.17) is 0 Å². The number of amides is 1. The molecule has 4 nitrogen and oxygen atoms in total. The molecule has 2 aromatic carbocycles. The van der Waals surface area contributed by atoms with Crippen LogP contribution in [0.3, 0.4) is 0 Å². The van der Waals surface area contributed by atoms with E-state index in [0.717, 1.165) is 18.7 Å². The summed E-state index contributed by atoms with van der Waals surface area (Å²) in [6, 6.07) is 16.3. The third-order valence-corrected chi connectivity index (χ3v) is 3.72. The number of nitrogens with zero attached hydrogens (tertiary/aromatic N) is 1. The molecular formula is C20H22F2N2O2. The van der Waals surface area contributed by atoms with Crippen LogP contribution in [0, 0.1) is 0 Å². The lowest BCUT2D eigenvalue weighted by Gasteiger charge is -2.19. The third kappa shape index (κ3) is 6.55. The zero-order chi connectivity index (χ0) is 18.8. The molecule has 2 rings (SSSR count). The van der Waals surface area contributed by atoms with Crippen molar-refractivity contribution in [2.45, 2.75) is 13.0 Å². The van der Waals surface area contributed by atoms with Crippen LogP contribution in [0.15, 0.2) is 60.7 Å². The molecule has 0 aliphatic carbocycles. The first-order valence-corrected chi connectivity index (χ1v) is 8.32. The number of ether oxygens (including phenoxy) is 1. The number of rotatable bonds is 9. The van der Waals surface area contributed by atoms with E-state index < -0.39 is 6.61 Å². The van der Waals surface area contributed by atoms with Crippen LogP contribution in [0.2, 0.25) is 0 Å². The van der Waals surface area contributed by atoms with Crippen molar-refractivity contribution < 1.29 is 18.3 Å². The van der Waals surface area contributed by atoms with Gasteiger partial charge in [0.05, 0.1) is 0 Å². The Kier molecular flexibility index (Phi) is 7.61. The van der Waals surface area contributed by atoms with Gasteiger partial charge in [0, 0.05) is 37.5 Å². The van der Waals surface area contributed by atoms with E-state index in [9.17, 15) is 13.6 Å². The molecule has 6 heteroatoms. The number of hydrogen-bond donors (Lipinski definition) is 1. The molecule has 0 aliphatic heterocycles. The number of carbonyl (C=O) groups excluding carboxylic acids is 1. The SMILES string of the molecule is CN(CCCNC(=O)/C=C/c1ccccc1OC(F)F)c1ccccc1. The van der Waals surface area contributed by atoms with Crippen LogP contribution >= 0.6 is 0 Å². The smallest absolute Gasteiger partial charge is 0.387 e. The van der Waals surface area contributed by atoms with Crippen molar-refractivity contribution in [2.24, 2.45) is 0 Å². The Morgan fingerprint density at radius 2 is 1.85 bits per heavy atom. The molecule has 0 radical (unpaired) electrons. The lowest BCUT2D eigenvalue weighted by molar-refractivity contribution is -0.116. The van der Waals surface area contributed by atoms with Crippen LogP contribution in [0.5, 0.6) is 5.75 Å². The molecule has 0 aliphatic rings. The fourth-order valence-electron chi connectivity index (χ4n) is 2.39. The van der Waals surface area contributed by atoms with Crippen molar-refractivity contribution in [1.82, 2.24) is 5.32 Å².